The SMILES string of the molecule is CCN[C@H](C)CNS(=O)(=O)c1cccc(C(=O)NCC(F)(F)F)c1.Cl. The Bertz CT molecular complexity index is 669. The van der Waals surface area contributed by atoms with E-state index in [0.717, 1.165) is 6.07 Å². The zero-order valence-corrected chi connectivity index (χ0v) is 15.3. The molecule has 25 heavy (non-hydrogen) atoms. The van der Waals surface area contributed by atoms with Gasteiger partial charge in [-0.2, -0.15) is 13.2 Å². The summed E-state index contributed by atoms with van der Waals surface area (Å²) < 4.78 is 63.1. The largest absolute Gasteiger partial charge is 0.405 e. The van der Waals surface area contributed by atoms with Crippen molar-refractivity contribution in [3.8, 4) is 0 Å². The molecule has 11 heteroatoms. The van der Waals surface area contributed by atoms with Gasteiger partial charge in [-0.25, -0.2) is 13.1 Å². The molecule has 1 rings (SSSR count). The third-order valence-electron chi connectivity index (χ3n) is 2.99. The summed E-state index contributed by atoms with van der Waals surface area (Å²) in [4.78, 5) is 11.5. The van der Waals surface area contributed by atoms with E-state index >= 15 is 0 Å². The molecule has 0 fully saturated rings. The first-order valence-electron chi connectivity index (χ1n) is 7.23. The number of sulfonamides is 1. The lowest BCUT2D eigenvalue weighted by Crippen LogP contribution is -2.38. The van der Waals surface area contributed by atoms with Gasteiger partial charge in [-0.3, -0.25) is 4.79 Å². The molecule has 0 radical (unpaired) electrons. The minimum absolute atomic E-state index is 0. The van der Waals surface area contributed by atoms with Gasteiger partial charge >= 0.3 is 6.18 Å². The summed E-state index contributed by atoms with van der Waals surface area (Å²) in [5.74, 6) is -0.995. The number of likely N-dealkylation sites (N-methyl/N-ethyl adjacent to an activating group) is 1. The lowest BCUT2D eigenvalue weighted by atomic mass is 10.2. The first-order valence-corrected chi connectivity index (χ1v) is 8.71. The van der Waals surface area contributed by atoms with Crippen LogP contribution in [0.25, 0.3) is 0 Å². The monoisotopic (exact) mass is 403 g/mol. The summed E-state index contributed by atoms with van der Waals surface area (Å²) in [5.41, 5.74) is -0.165. The lowest BCUT2D eigenvalue weighted by molar-refractivity contribution is -0.123. The van der Waals surface area contributed by atoms with E-state index in [0.29, 0.717) is 6.54 Å². The lowest BCUT2D eigenvalue weighted by Gasteiger charge is -2.14. The Morgan fingerprint density at radius 3 is 2.48 bits per heavy atom. The molecule has 0 spiro atoms. The maximum atomic E-state index is 12.2. The molecule has 0 aliphatic rings. The van der Waals surface area contributed by atoms with Crippen molar-refractivity contribution >= 4 is 28.3 Å². The average Bonchev–Trinajstić information content (AvgIpc) is 2.50. The minimum atomic E-state index is -4.54. The number of halogens is 4. The summed E-state index contributed by atoms with van der Waals surface area (Å²) in [6.07, 6.45) is -4.54. The molecule has 0 unspecified atom stereocenters. The van der Waals surface area contributed by atoms with Crippen molar-refractivity contribution in [2.24, 2.45) is 0 Å². The van der Waals surface area contributed by atoms with Crippen molar-refractivity contribution in [1.29, 1.82) is 0 Å². The fourth-order valence-electron chi connectivity index (χ4n) is 1.83. The third-order valence-corrected chi connectivity index (χ3v) is 4.41. The first-order chi connectivity index (χ1) is 11.0. The quantitative estimate of drug-likeness (QED) is 0.616. The Morgan fingerprint density at radius 1 is 1.28 bits per heavy atom. The Morgan fingerprint density at radius 2 is 1.92 bits per heavy atom. The first kappa shape index (κ1) is 23.6. The Hall–Kier alpha value is -1.36. The molecule has 1 aromatic carbocycles. The fraction of sp³-hybridized carbons (Fsp3) is 0.500. The van der Waals surface area contributed by atoms with Gasteiger partial charge in [0.05, 0.1) is 4.90 Å². The van der Waals surface area contributed by atoms with Gasteiger partial charge < -0.3 is 10.6 Å². The number of benzene rings is 1. The van der Waals surface area contributed by atoms with Crippen molar-refractivity contribution in [3.05, 3.63) is 29.8 Å². The molecule has 0 aromatic heterocycles. The van der Waals surface area contributed by atoms with E-state index in [4.69, 9.17) is 0 Å². The topological polar surface area (TPSA) is 87.3 Å². The van der Waals surface area contributed by atoms with Crippen LogP contribution in [0.3, 0.4) is 0 Å². The van der Waals surface area contributed by atoms with Crippen LogP contribution < -0.4 is 15.4 Å². The van der Waals surface area contributed by atoms with Gasteiger partial charge in [0, 0.05) is 18.2 Å². The van der Waals surface area contributed by atoms with Gasteiger partial charge in [-0.15, -0.1) is 12.4 Å². The molecule has 3 N–H and O–H groups in total. The molecule has 0 aliphatic heterocycles. The van der Waals surface area contributed by atoms with Crippen LogP contribution in [-0.4, -0.2) is 46.2 Å². The van der Waals surface area contributed by atoms with E-state index in [1.165, 1.54) is 18.2 Å². The van der Waals surface area contributed by atoms with Crippen LogP contribution in [0.5, 0.6) is 0 Å². The smallest absolute Gasteiger partial charge is 0.343 e. The Balaban J connectivity index is 0.00000576. The summed E-state index contributed by atoms with van der Waals surface area (Å²) in [7, 11) is -3.87. The number of hydrogen-bond acceptors (Lipinski definition) is 4. The van der Waals surface area contributed by atoms with Gasteiger partial charge in [0.15, 0.2) is 0 Å². The van der Waals surface area contributed by atoms with Crippen molar-refractivity contribution in [3.63, 3.8) is 0 Å². The van der Waals surface area contributed by atoms with E-state index in [2.05, 4.69) is 10.0 Å². The molecule has 1 amide bonds. The molecule has 6 nitrogen and oxygen atoms in total. The molecule has 144 valence electrons. The number of alkyl halides is 3. The maximum Gasteiger partial charge on any atom is 0.405 e. The van der Waals surface area contributed by atoms with E-state index < -0.39 is 28.7 Å². The number of amides is 1. The fourth-order valence-corrected chi connectivity index (χ4v) is 3.00. The second kappa shape index (κ2) is 9.95. The van der Waals surface area contributed by atoms with Gasteiger partial charge in [0.25, 0.3) is 5.91 Å². The Labute approximate surface area is 151 Å². The van der Waals surface area contributed by atoms with Crippen LogP contribution in [-0.2, 0) is 10.0 Å². The summed E-state index contributed by atoms with van der Waals surface area (Å²) in [5, 5.41) is 4.73. The number of carbonyl (C=O) groups is 1. The van der Waals surface area contributed by atoms with Crippen LogP contribution in [0, 0.1) is 0 Å². The van der Waals surface area contributed by atoms with Gasteiger partial charge in [0.1, 0.15) is 6.54 Å². The molecule has 0 aliphatic carbocycles. The zero-order chi connectivity index (χ0) is 18.4. The van der Waals surface area contributed by atoms with E-state index in [-0.39, 0.29) is 35.5 Å². The average molecular weight is 404 g/mol. The van der Waals surface area contributed by atoms with E-state index in [1.54, 1.807) is 12.2 Å². The number of carbonyl (C=O) groups excluding carboxylic acids is 1. The highest BCUT2D eigenvalue weighted by Gasteiger charge is 2.28. The van der Waals surface area contributed by atoms with E-state index in [1.807, 2.05) is 6.92 Å². The van der Waals surface area contributed by atoms with Crippen molar-refractivity contribution in [2.45, 2.75) is 31.0 Å². The van der Waals surface area contributed by atoms with Gasteiger partial charge in [-0.05, 0) is 31.7 Å². The van der Waals surface area contributed by atoms with Crippen molar-refractivity contribution in [1.82, 2.24) is 15.4 Å². The molecule has 0 bridgehead atoms. The van der Waals surface area contributed by atoms with Crippen molar-refractivity contribution < 1.29 is 26.4 Å². The number of rotatable bonds is 8. The van der Waals surface area contributed by atoms with Crippen LogP contribution >= 0.6 is 12.4 Å². The molecular weight excluding hydrogens is 383 g/mol. The van der Waals surface area contributed by atoms with Crippen LogP contribution in [0.1, 0.15) is 24.2 Å². The Kier molecular flexibility index (Phi) is 9.41. The van der Waals surface area contributed by atoms with Gasteiger partial charge in [0.2, 0.25) is 10.0 Å². The molecule has 1 atom stereocenters. The third kappa shape index (κ3) is 8.52. The highest BCUT2D eigenvalue weighted by Crippen LogP contribution is 2.14. The summed E-state index contributed by atoms with van der Waals surface area (Å²) >= 11 is 0. The second-order valence-corrected chi connectivity index (χ2v) is 6.90. The highest BCUT2D eigenvalue weighted by atomic mass is 35.5. The second-order valence-electron chi connectivity index (χ2n) is 5.14. The molecular formula is C14H21ClF3N3O3S. The van der Waals surface area contributed by atoms with Crippen LogP contribution in [0.15, 0.2) is 29.2 Å². The highest BCUT2D eigenvalue weighted by molar-refractivity contribution is 7.89. The number of nitrogens with one attached hydrogen (secondary N) is 3. The molecule has 0 saturated carbocycles. The van der Waals surface area contributed by atoms with Crippen LogP contribution in [0.4, 0.5) is 13.2 Å². The summed E-state index contributed by atoms with van der Waals surface area (Å²) in [6, 6.07) is 4.74. The minimum Gasteiger partial charge on any atom is -0.343 e. The van der Waals surface area contributed by atoms with Crippen molar-refractivity contribution in [2.75, 3.05) is 19.6 Å². The molecule has 0 saturated heterocycles. The maximum absolute atomic E-state index is 12.2. The molecule has 1 aromatic rings. The van der Waals surface area contributed by atoms with Gasteiger partial charge in [-0.1, -0.05) is 13.0 Å². The molecule has 0 heterocycles. The number of hydrogen-bond donors (Lipinski definition) is 3. The summed E-state index contributed by atoms with van der Waals surface area (Å²) in [6.45, 7) is 3.01. The normalized spacial score (nSPS) is 13.0. The van der Waals surface area contributed by atoms with Crippen LogP contribution in [0.2, 0.25) is 0 Å². The predicted molar refractivity (Wildman–Crippen MR) is 90.4 cm³/mol. The van der Waals surface area contributed by atoms with E-state index in [9.17, 15) is 26.4 Å². The predicted octanol–water partition coefficient (Wildman–Crippen LogP) is 1.68. The zero-order valence-electron chi connectivity index (χ0n) is 13.7. The standard InChI is InChI=1S/C14H20F3N3O3S.ClH/c1-3-18-10(2)8-20-24(22,23)12-6-4-5-11(7-12)13(21)19-9-14(15,16)17;/h4-7,10,18,20H,3,8-9H2,1-2H3,(H,19,21);1H/t10-;/m1./s1.